The second-order valence-electron chi connectivity index (χ2n) is 5.02. The van der Waals surface area contributed by atoms with Crippen molar-refractivity contribution in [3.8, 4) is 11.5 Å². The highest BCUT2D eigenvalue weighted by molar-refractivity contribution is 5.97. The van der Waals surface area contributed by atoms with Gasteiger partial charge in [0, 0.05) is 6.54 Å². The summed E-state index contributed by atoms with van der Waals surface area (Å²) < 4.78 is 5.35. The Kier molecular flexibility index (Phi) is 3.17. The summed E-state index contributed by atoms with van der Waals surface area (Å²) in [5.74, 6) is -0.459. The third-order valence-electron chi connectivity index (χ3n) is 3.10. The number of nitrogens with zero attached hydrogens (tertiary/aromatic N) is 1. The summed E-state index contributed by atoms with van der Waals surface area (Å²) in [4.78, 5) is 14.0. The van der Waals surface area contributed by atoms with Gasteiger partial charge in [-0.2, -0.15) is 0 Å². The minimum Gasteiger partial charge on any atom is -0.508 e. The maximum atomic E-state index is 12.4. The lowest BCUT2D eigenvalue weighted by Crippen LogP contribution is -2.55. The molecule has 1 aromatic rings. The predicted molar refractivity (Wildman–Crippen MR) is 65.7 cm³/mol. The minimum absolute atomic E-state index is 0.0396. The fraction of sp³-hybridized carbons (Fsp3) is 0.462. The zero-order valence-electron chi connectivity index (χ0n) is 10.5. The Balaban J connectivity index is 2.33. The molecule has 98 valence electrons. The van der Waals surface area contributed by atoms with Crippen LogP contribution < -0.4 is 0 Å². The Morgan fingerprint density at radius 1 is 1.39 bits per heavy atom. The van der Waals surface area contributed by atoms with Gasteiger partial charge in [0.25, 0.3) is 5.91 Å². The molecule has 0 aromatic heterocycles. The largest absolute Gasteiger partial charge is 0.508 e. The molecule has 2 rings (SSSR count). The molecule has 0 spiro atoms. The molecule has 1 aliphatic rings. The molecule has 0 aliphatic carbocycles. The van der Waals surface area contributed by atoms with Crippen LogP contribution in [0.3, 0.4) is 0 Å². The highest BCUT2D eigenvalue weighted by atomic mass is 16.5. The number of ether oxygens (including phenoxy) is 1. The number of rotatable bonds is 1. The minimum atomic E-state index is -0.423. The first-order chi connectivity index (χ1) is 8.42. The van der Waals surface area contributed by atoms with Crippen LogP contribution in [0.2, 0.25) is 0 Å². The number of phenols is 2. The van der Waals surface area contributed by atoms with Crippen molar-refractivity contribution in [2.24, 2.45) is 0 Å². The predicted octanol–water partition coefficient (Wildman–Crippen LogP) is 1.35. The van der Waals surface area contributed by atoms with Crippen LogP contribution in [0.25, 0.3) is 0 Å². The topological polar surface area (TPSA) is 70.0 Å². The van der Waals surface area contributed by atoms with E-state index in [2.05, 4.69) is 0 Å². The molecule has 1 aliphatic heterocycles. The van der Waals surface area contributed by atoms with Crippen molar-refractivity contribution in [3.63, 3.8) is 0 Å². The molecule has 1 heterocycles. The number of hydrogen-bond acceptors (Lipinski definition) is 4. The molecule has 1 amide bonds. The lowest BCUT2D eigenvalue weighted by atomic mass is 10.0. The van der Waals surface area contributed by atoms with Crippen molar-refractivity contribution in [3.05, 3.63) is 23.8 Å². The van der Waals surface area contributed by atoms with E-state index in [9.17, 15) is 15.0 Å². The number of aromatic hydroxyl groups is 2. The number of phenolic OH excluding ortho intramolecular Hbond substituents is 2. The molecule has 0 unspecified atom stereocenters. The molecular weight excluding hydrogens is 234 g/mol. The Hall–Kier alpha value is -1.75. The Bertz CT molecular complexity index is 470. The zero-order chi connectivity index (χ0) is 13.3. The molecule has 1 fully saturated rings. The van der Waals surface area contributed by atoms with Crippen LogP contribution in [-0.4, -0.2) is 46.3 Å². The number of morpholine rings is 1. The van der Waals surface area contributed by atoms with Crippen molar-refractivity contribution in [2.45, 2.75) is 19.4 Å². The SMILES string of the molecule is CC1(C)COCCN1C(=O)c1cc(O)ccc1O. The van der Waals surface area contributed by atoms with E-state index < -0.39 is 5.54 Å². The number of amides is 1. The van der Waals surface area contributed by atoms with Gasteiger partial charge in [0.05, 0.1) is 24.3 Å². The monoisotopic (exact) mass is 251 g/mol. The zero-order valence-corrected chi connectivity index (χ0v) is 10.5. The van der Waals surface area contributed by atoms with Crippen LogP contribution in [0.4, 0.5) is 0 Å². The summed E-state index contributed by atoms with van der Waals surface area (Å²) in [6.07, 6.45) is 0. The number of carbonyl (C=O) groups is 1. The van der Waals surface area contributed by atoms with Crippen molar-refractivity contribution in [1.82, 2.24) is 4.90 Å². The van der Waals surface area contributed by atoms with E-state index >= 15 is 0 Å². The normalized spacial score (nSPS) is 18.7. The first-order valence-electron chi connectivity index (χ1n) is 5.83. The van der Waals surface area contributed by atoms with Crippen LogP contribution >= 0.6 is 0 Å². The lowest BCUT2D eigenvalue weighted by molar-refractivity contribution is -0.0371. The molecule has 1 saturated heterocycles. The number of carbonyl (C=O) groups excluding carboxylic acids is 1. The van der Waals surface area contributed by atoms with Gasteiger partial charge in [-0.05, 0) is 32.0 Å². The van der Waals surface area contributed by atoms with Crippen LogP contribution in [0.1, 0.15) is 24.2 Å². The van der Waals surface area contributed by atoms with Crippen LogP contribution in [0, 0.1) is 0 Å². The highest BCUT2D eigenvalue weighted by Gasteiger charge is 2.35. The third-order valence-corrected chi connectivity index (χ3v) is 3.10. The van der Waals surface area contributed by atoms with E-state index in [0.29, 0.717) is 19.8 Å². The molecular formula is C13H17NO4. The maximum absolute atomic E-state index is 12.4. The van der Waals surface area contributed by atoms with E-state index in [0.717, 1.165) is 0 Å². The quantitative estimate of drug-likeness (QED) is 0.739. The fourth-order valence-electron chi connectivity index (χ4n) is 2.08. The van der Waals surface area contributed by atoms with Gasteiger partial charge in [0.15, 0.2) is 0 Å². The van der Waals surface area contributed by atoms with E-state index in [1.165, 1.54) is 18.2 Å². The highest BCUT2D eigenvalue weighted by Crippen LogP contribution is 2.27. The molecule has 18 heavy (non-hydrogen) atoms. The van der Waals surface area contributed by atoms with Gasteiger partial charge in [-0.25, -0.2) is 0 Å². The average molecular weight is 251 g/mol. The summed E-state index contributed by atoms with van der Waals surface area (Å²) in [6.45, 7) is 5.22. The van der Waals surface area contributed by atoms with Crippen molar-refractivity contribution >= 4 is 5.91 Å². The second-order valence-corrected chi connectivity index (χ2v) is 5.02. The lowest BCUT2D eigenvalue weighted by Gasteiger charge is -2.42. The Labute approximate surface area is 106 Å². The van der Waals surface area contributed by atoms with Gasteiger partial charge < -0.3 is 19.8 Å². The fourth-order valence-corrected chi connectivity index (χ4v) is 2.08. The number of hydrogen-bond donors (Lipinski definition) is 2. The summed E-state index contributed by atoms with van der Waals surface area (Å²) >= 11 is 0. The smallest absolute Gasteiger partial charge is 0.258 e. The average Bonchev–Trinajstić information content (AvgIpc) is 2.31. The van der Waals surface area contributed by atoms with E-state index in [4.69, 9.17) is 4.74 Å². The van der Waals surface area contributed by atoms with Crippen LogP contribution in [0.15, 0.2) is 18.2 Å². The number of benzene rings is 1. The Morgan fingerprint density at radius 3 is 2.78 bits per heavy atom. The molecule has 2 N–H and O–H groups in total. The summed E-state index contributed by atoms with van der Waals surface area (Å²) in [6, 6.07) is 3.94. The molecule has 5 heteroatoms. The summed E-state index contributed by atoms with van der Waals surface area (Å²) in [7, 11) is 0. The van der Waals surface area contributed by atoms with E-state index in [-0.39, 0.29) is 23.0 Å². The van der Waals surface area contributed by atoms with Crippen molar-refractivity contribution in [2.75, 3.05) is 19.8 Å². The first-order valence-corrected chi connectivity index (χ1v) is 5.83. The first kappa shape index (κ1) is 12.7. The second kappa shape index (κ2) is 4.49. The van der Waals surface area contributed by atoms with Gasteiger partial charge in [0.2, 0.25) is 0 Å². The van der Waals surface area contributed by atoms with Gasteiger partial charge in [-0.15, -0.1) is 0 Å². The van der Waals surface area contributed by atoms with Crippen molar-refractivity contribution in [1.29, 1.82) is 0 Å². The standard InChI is InChI=1S/C13H17NO4/c1-13(2)8-18-6-5-14(13)12(17)10-7-9(15)3-4-11(10)16/h3-4,7,15-16H,5-6,8H2,1-2H3. The summed E-state index contributed by atoms with van der Waals surface area (Å²) in [5, 5.41) is 19.1. The molecule has 5 nitrogen and oxygen atoms in total. The van der Waals surface area contributed by atoms with Gasteiger partial charge >= 0.3 is 0 Å². The molecule has 0 atom stereocenters. The van der Waals surface area contributed by atoms with Gasteiger partial charge in [-0.1, -0.05) is 0 Å². The van der Waals surface area contributed by atoms with Gasteiger partial charge in [0.1, 0.15) is 11.5 Å². The molecule has 0 radical (unpaired) electrons. The molecule has 1 aromatic carbocycles. The van der Waals surface area contributed by atoms with E-state index in [1.54, 1.807) is 4.90 Å². The summed E-state index contributed by atoms with van der Waals surface area (Å²) in [5.41, 5.74) is -0.308. The molecule has 0 saturated carbocycles. The van der Waals surface area contributed by atoms with Crippen molar-refractivity contribution < 1.29 is 19.7 Å². The molecule has 0 bridgehead atoms. The maximum Gasteiger partial charge on any atom is 0.258 e. The van der Waals surface area contributed by atoms with E-state index in [1.807, 2.05) is 13.8 Å². The van der Waals surface area contributed by atoms with Crippen LogP contribution in [-0.2, 0) is 4.74 Å². The van der Waals surface area contributed by atoms with Gasteiger partial charge in [-0.3, -0.25) is 4.79 Å². The van der Waals surface area contributed by atoms with Crippen LogP contribution in [0.5, 0.6) is 11.5 Å². The third kappa shape index (κ3) is 2.26. The Morgan fingerprint density at radius 2 is 2.11 bits per heavy atom.